The molecule has 3 nitrogen and oxygen atoms in total. The lowest BCUT2D eigenvalue weighted by atomic mass is 9.99. The van der Waals surface area contributed by atoms with Crippen LogP contribution in [-0.4, -0.2) is 18.6 Å². The van der Waals surface area contributed by atoms with Crippen molar-refractivity contribution >= 4 is 5.97 Å². The summed E-state index contributed by atoms with van der Waals surface area (Å²) in [6.45, 7) is 4.36. The SMILES string of the molecule is CCCCc1ccc(-c2ccc(CC(N)C(=O)OCC)cc2)cc1. The number of aryl methyl sites for hydroxylation is 1. The van der Waals surface area contributed by atoms with Crippen molar-refractivity contribution in [2.45, 2.75) is 45.6 Å². The van der Waals surface area contributed by atoms with Gasteiger partial charge in [-0.1, -0.05) is 61.9 Å². The molecule has 0 aliphatic heterocycles. The molecule has 0 aromatic heterocycles. The molecule has 0 radical (unpaired) electrons. The van der Waals surface area contributed by atoms with Gasteiger partial charge >= 0.3 is 5.97 Å². The standard InChI is InChI=1S/C21H27NO2/c1-3-5-6-16-7-11-18(12-8-16)19-13-9-17(10-14-19)15-20(22)21(23)24-4-2/h7-14,20H,3-6,15,22H2,1-2H3. The summed E-state index contributed by atoms with van der Waals surface area (Å²) >= 11 is 0. The second-order valence-electron chi connectivity index (χ2n) is 6.06. The number of rotatable bonds is 8. The summed E-state index contributed by atoms with van der Waals surface area (Å²) < 4.78 is 4.94. The molecule has 0 fully saturated rings. The van der Waals surface area contributed by atoms with Crippen LogP contribution in [0.2, 0.25) is 0 Å². The smallest absolute Gasteiger partial charge is 0.323 e. The predicted molar refractivity (Wildman–Crippen MR) is 98.8 cm³/mol. The number of ether oxygens (including phenoxy) is 1. The average molecular weight is 325 g/mol. The number of hydrogen-bond donors (Lipinski definition) is 1. The molecular weight excluding hydrogens is 298 g/mol. The zero-order chi connectivity index (χ0) is 17.4. The predicted octanol–water partition coefficient (Wildman–Crippen LogP) is 4.13. The fourth-order valence-electron chi connectivity index (χ4n) is 2.66. The zero-order valence-corrected chi connectivity index (χ0v) is 14.6. The summed E-state index contributed by atoms with van der Waals surface area (Å²) in [5, 5.41) is 0. The first kappa shape index (κ1) is 18.2. The third-order valence-corrected chi connectivity index (χ3v) is 4.11. The minimum atomic E-state index is -0.603. The molecule has 0 bridgehead atoms. The second kappa shape index (κ2) is 9.24. The minimum Gasteiger partial charge on any atom is -0.465 e. The first-order valence-electron chi connectivity index (χ1n) is 8.74. The van der Waals surface area contributed by atoms with Gasteiger partial charge in [0.05, 0.1) is 6.61 Å². The maximum absolute atomic E-state index is 11.6. The molecule has 1 atom stereocenters. The van der Waals surface area contributed by atoms with E-state index in [-0.39, 0.29) is 5.97 Å². The van der Waals surface area contributed by atoms with Crippen molar-refractivity contribution in [3.63, 3.8) is 0 Å². The Hall–Kier alpha value is -2.13. The highest BCUT2D eigenvalue weighted by Crippen LogP contribution is 2.21. The molecule has 2 aromatic rings. The van der Waals surface area contributed by atoms with Gasteiger partial charge in [-0.3, -0.25) is 4.79 Å². The van der Waals surface area contributed by atoms with Gasteiger partial charge in [0, 0.05) is 0 Å². The van der Waals surface area contributed by atoms with E-state index in [0.717, 1.165) is 12.0 Å². The fraction of sp³-hybridized carbons (Fsp3) is 0.381. The lowest BCUT2D eigenvalue weighted by molar-refractivity contribution is -0.144. The molecule has 24 heavy (non-hydrogen) atoms. The molecule has 0 aliphatic carbocycles. The summed E-state index contributed by atoms with van der Waals surface area (Å²) in [5.41, 5.74) is 10.7. The Balaban J connectivity index is 1.99. The Bertz CT molecular complexity index is 632. The van der Waals surface area contributed by atoms with Crippen LogP contribution in [0.4, 0.5) is 0 Å². The second-order valence-corrected chi connectivity index (χ2v) is 6.06. The van der Waals surface area contributed by atoms with Crippen LogP contribution < -0.4 is 5.73 Å². The number of unbranched alkanes of at least 4 members (excludes halogenated alkanes) is 1. The Kier molecular flexibility index (Phi) is 7.01. The number of nitrogens with two attached hydrogens (primary N) is 1. The van der Waals surface area contributed by atoms with Crippen molar-refractivity contribution in [2.24, 2.45) is 5.73 Å². The van der Waals surface area contributed by atoms with Crippen molar-refractivity contribution in [2.75, 3.05) is 6.61 Å². The highest BCUT2D eigenvalue weighted by Gasteiger charge is 2.14. The lowest BCUT2D eigenvalue weighted by Gasteiger charge is -2.11. The summed E-state index contributed by atoms with van der Waals surface area (Å²) in [6, 6.07) is 16.4. The zero-order valence-electron chi connectivity index (χ0n) is 14.6. The van der Waals surface area contributed by atoms with Crippen LogP contribution in [0.3, 0.4) is 0 Å². The number of esters is 1. The first-order valence-corrected chi connectivity index (χ1v) is 8.74. The van der Waals surface area contributed by atoms with Gasteiger partial charge in [0.25, 0.3) is 0 Å². The van der Waals surface area contributed by atoms with Crippen LogP contribution in [0.15, 0.2) is 48.5 Å². The highest BCUT2D eigenvalue weighted by atomic mass is 16.5. The summed E-state index contributed by atoms with van der Waals surface area (Å²) in [4.78, 5) is 11.6. The van der Waals surface area contributed by atoms with Gasteiger partial charge in [0.1, 0.15) is 6.04 Å². The monoisotopic (exact) mass is 325 g/mol. The summed E-state index contributed by atoms with van der Waals surface area (Å²) in [6.07, 6.45) is 4.09. The number of benzene rings is 2. The fourth-order valence-corrected chi connectivity index (χ4v) is 2.66. The van der Waals surface area contributed by atoms with Gasteiger partial charge in [0.15, 0.2) is 0 Å². The maximum atomic E-state index is 11.6. The van der Waals surface area contributed by atoms with Crippen molar-refractivity contribution in [3.05, 3.63) is 59.7 Å². The van der Waals surface area contributed by atoms with Crippen LogP contribution in [-0.2, 0) is 22.4 Å². The maximum Gasteiger partial charge on any atom is 0.323 e. The van der Waals surface area contributed by atoms with Crippen molar-refractivity contribution in [1.82, 2.24) is 0 Å². The Morgan fingerprint density at radius 1 is 0.958 bits per heavy atom. The summed E-state index contributed by atoms with van der Waals surface area (Å²) in [7, 11) is 0. The average Bonchev–Trinajstić information content (AvgIpc) is 2.61. The van der Waals surface area contributed by atoms with Crippen molar-refractivity contribution in [1.29, 1.82) is 0 Å². The van der Waals surface area contributed by atoms with Gasteiger partial charge in [-0.2, -0.15) is 0 Å². The molecule has 0 saturated carbocycles. The molecule has 0 amide bonds. The molecule has 128 valence electrons. The van der Waals surface area contributed by atoms with E-state index in [1.54, 1.807) is 6.92 Å². The van der Waals surface area contributed by atoms with Crippen molar-refractivity contribution < 1.29 is 9.53 Å². The molecule has 3 heteroatoms. The third kappa shape index (κ3) is 5.20. The van der Waals surface area contributed by atoms with Crippen molar-refractivity contribution in [3.8, 4) is 11.1 Å². The van der Waals surface area contributed by atoms with E-state index < -0.39 is 6.04 Å². The van der Waals surface area contributed by atoms with Crippen LogP contribution >= 0.6 is 0 Å². The minimum absolute atomic E-state index is 0.343. The molecule has 0 saturated heterocycles. The Morgan fingerprint density at radius 3 is 2.00 bits per heavy atom. The molecular formula is C21H27NO2. The van der Waals surface area contributed by atoms with E-state index >= 15 is 0 Å². The van der Waals surface area contributed by atoms with Crippen LogP contribution in [0, 0.1) is 0 Å². The third-order valence-electron chi connectivity index (χ3n) is 4.11. The Morgan fingerprint density at radius 2 is 1.50 bits per heavy atom. The highest BCUT2D eigenvalue weighted by molar-refractivity contribution is 5.76. The number of hydrogen-bond acceptors (Lipinski definition) is 3. The molecule has 0 aliphatic rings. The lowest BCUT2D eigenvalue weighted by Crippen LogP contribution is -2.34. The quantitative estimate of drug-likeness (QED) is 0.743. The Labute approximate surface area is 144 Å². The van der Waals surface area contributed by atoms with E-state index in [4.69, 9.17) is 10.5 Å². The van der Waals surface area contributed by atoms with E-state index in [1.165, 1.54) is 29.5 Å². The largest absolute Gasteiger partial charge is 0.465 e. The first-order chi connectivity index (χ1) is 11.6. The number of carbonyl (C=O) groups is 1. The number of carbonyl (C=O) groups excluding carboxylic acids is 1. The molecule has 1 unspecified atom stereocenters. The van der Waals surface area contributed by atoms with Gasteiger partial charge in [-0.05, 0) is 48.4 Å². The van der Waals surface area contributed by atoms with E-state index in [9.17, 15) is 4.79 Å². The molecule has 2 rings (SSSR count). The van der Waals surface area contributed by atoms with Crippen LogP contribution in [0.1, 0.15) is 37.8 Å². The molecule has 2 N–H and O–H groups in total. The van der Waals surface area contributed by atoms with E-state index in [1.807, 2.05) is 12.1 Å². The molecule has 0 heterocycles. The van der Waals surface area contributed by atoms with Gasteiger partial charge < -0.3 is 10.5 Å². The normalized spacial score (nSPS) is 12.0. The van der Waals surface area contributed by atoms with E-state index in [2.05, 4.69) is 43.3 Å². The van der Waals surface area contributed by atoms with Gasteiger partial charge in [-0.15, -0.1) is 0 Å². The van der Waals surface area contributed by atoms with Crippen LogP contribution in [0.25, 0.3) is 11.1 Å². The van der Waals surface area contributed by atoms with E-state index in [0.29, 0.717) is 13.0 Å². The molecule has 2 aromatic carbocycles. The molecule has 0 spiro atoms. The topological polar surface area (TPSA) is 52.3 Å². The summed E-state index contributed by atoms with van der Waals surface area (Å²) in [5.74, 6) is -0.343. The van der Waals surface area contributed by atoms with Crippen LogP contribution in [0.5, 0.6) is 0 Å². The van der Waals surface area contributed by atoms with Gasteiger partial charge in [0.2, 0.25) is 0 Å². The van der Waals surface area contributed by atoms with Gasteiger partial charge in [-0.25, -0.2) is 0 Å².